The van der Waals surface area contributed by atoms with Crippen LogP contribution in [0.1, 0.15) is 13.8 Å². The van der Waals surface area contributed by atoms with Gasteiger partial charge < -0.3 is 5.32 Å². The molecule has 1 heterocycles. The van der Waals surface area contributed by atoms with Crippen molar-refractivity contribution in [1.29, 1.82) is 0 Å². The first kappa shape index (κ1) is 12.3. The number of hydrogen-bond donors (Lipinski definition) is 1. The summed E-state index contributed by atoms with van der Waals surface area (Å²) in [6.45, 7) is 5.02. The van der Waals surface area contributed by atoms with Crippen molar-refractivity contribution in [1.82, 2.24) is 4.98 Å². The summed E-state index contributed by atoms with van der Waals surface area (Å²) in [6.07, 6.45) is 1.65. The second kappa shape index (κ2) is 5.00. The van der Waals surface area contributed by atoms with Gasteiger partial charge in [0.25, 0.3) is 5.69 Å². The van der Waals surface area contributed by atoms with Gasteiger partial charge in [-0.2, -0.15) is 0 Å². The second-order valence-electron chi connectivity index (χ2n) is 4.56. The number of nitrogens with zero attached hydrogens (tertiary/aromatic N) is 2. The van der Waals surface area contributed by atoms with Crippen molar-refractivity contribution in [2.75, 3.05) is 11.9 Å². The molecule has 0 aliphatic rings. The van der Waals surface area contributed by atoms with Gasteiger partial charge in [-0.05, 0) is 24.1 Å². The fourth-order valence-electron chi connectivity index (χ4n) is 1.77. The van der Waals surface area contributed by atoms with Crippen molar-refractivity contribution in [2.24, 2.45) is 5.92 Å². The largest absolute Gasteiger partial charge is 0.383 e. The molecule has 0 aliphatic carbocycles. The lowest BCUT2D eigenvalue weighted by Crippen LogP contribution is -2.08. The number of nitro benzene ring substituents is 1. The number of nitro groups is 1. The Labute approximate surface area is 105 Å². The van der Waals surface area contributed by atoms with E-state index in [4.69, 9.17) is 0 Å². The number of anilines is 1. The van der Waals surface area contributed by atoms with Crippen LogP contribution in [0.5, 0.6) is 0 Å². The van der Waals surface area contributed by atoms with Gasteiger partial charge in [0.2, 0.25) is 0 Å². The molecule has 5 heteroatoms. The highest BCUT2D eigenvalue weighted by Crippen LogP contribution is 2.29. The first-order valence-electron chi connectivity index (χ1n) is 5.85. The van der Waals surface area contributed by atoms with Gasteiger partial charge in [-0.1, -0.05) is 13.8 Å². The molecule has 0 bridgehead atoms. The minimum atomic E-state index is -0.379. The molecule has 0 fully saturated rings. The molecule has 0 radical (unpaired) electrons. The maximum Gasteiger partial charge on any atom is 0.278 e. The predicted octanol–water partition coefficient (Wildman–Crippen LogP) is 3.21. The molecule has 2 rings (SSSR count). The minimum Gasteiger partial charge on any atom is -0.383 e. The van der Waals surface area contributed by atoms with E-state index >= 15 is 0 Å². The van der Waals surface area contributed by atoms with Crippen molar-refractivity contribution in [3.05, 3.63) is 40.6 Å². The number of non-ortho nitro benzene ring substituents is 1. The Hall–Kier alpha value is -2.17. The third kappa shape index (κ3) is 2.40. The van der Waals surface area contributed by atoms with Crippen LogP contribution in [-0.2, 0) is 0 Å². The van der Waals surface area contributed by atoms with E-state index in [2.05, 4.69) is 24.1 Å². The highest BCUT2D eigenvalue weighted by Gasteiger charge is 2.14. The van der Waals surface area contributed by atoms with Crippen LogP contribution in [0.15, 0.2) is 30.5 Å². The maximum atomic E-state index is 10.9. The average Bonchev–Trinajstić information content (AvgIpc) is 2.35. The Kier molecular flexibility index (Phi) is 3.41. The number of benzene rings is 1. The van der Waals surface area contributed by atoms with Gasteiger partial charge in [0.1, 0.15) is 5.52 Å². The van der Waals surface area contributed by atoms with E-state index in [0.29, 0.717) is 16.8 Å². The number of hydrogen-bond acceptors (Lipinski definition) is 4. The molecule has 0 amide bonds. The van der Waals surface area contributed by atoms with Crippen LogP contribution in [-0.4, -0.2) is 16.5 Å². The zero-order valence-corrected chi connectivity index (χ0v) is 10.4. The lowest BCUT2D eigenvalue weighted by atomic mass is 10.1. The Morgan fingerprint density at radius 2 is 2.17 bits per heavy atom. The number of fused-ring (bicyclic) bond motifs is 1. The van der Waals surface area contributed by atoms with Crippen molar-refractivity contribution in [2.45, 2.75) is 13.8 Å². The molecule has 94 valence electrons. The summed E-state index contributed by atoms with van der Waals surface area (Å²) in [7, 11) is 0. The molecule has 2 aromatic rings. The van der Waals surface area contributed by atoms with E-state index in [-0.39, 0.29) is 10.6 Å². The molecule has 0 saturated heterocycles. The smallest absolute Gasteiger partial charge is 0.278 e. The van der Waals surface area contributed by atoms with Crippen LogP contribution < -0.4 is 5.32 Å². The third-order valence-electron chi connectivity index (χ3n) is 2.64. The fourth-order valence-corrected chi connectivity index (χ4v) is 1.77. The zero-order valence-electron chi connectivity index (χ0n) is 10.4. The Bertz CT molecular complexity index is 581. The summed E-state index contributed by atoms with van der Waals surface area (Å²) in [4.78, 5) is 14.8. The molecule has 0 saturated carbocycles. The summed E-state index contributed by atoms with van der Waals surface area (Å²) in [5.41, 5.74) is 1.57. The van der Waals surface area contributed by atoms with E-state index < -0.39 is 0 Å². The standard InChI is InChI=1S/C13H15N3O2/c1-9(2)8-15-11-5-6-12(16(17)18)10-4-3-7-14-13(10)11/h3-7,9,15H,8H2,1-2H3. The lowest BCUT2D eigenvalue weighted by Gasteiger charge is -2.11. The summed E-state index contributed by atoms with van der Waals surface area (Å²) in [6, 6.07) is 6.67. The zero-order chi connectivity index (χ0) is 13.1. The predicted molar refractivity (Wildman–Crippen MR) is 71.7 cm³/mol. The topological polar surface area (TPSA) is 68.1 Å². The Balaban J connectivity index is 2.50. The monoisotopic (exact) mass is 245 g/mol. The summed E-state index contributed by atoms with van der Waals surface area (Å²) >= 11 is 0. The lowest BCUT2D eigenvalue weighted by molar-refractivity contribution is -0.383. The SMILES string of the molecule is CC(C)CNc1ccc([N+](=O)[O-])c2cccnc12. The van der Waals surface area contributed by atoms with Crippen LogP contribution in [0, 0.1) is 16.0 Å². The number of nitrogens with one attached hydrogen (secondary N) is 1. The van der Waals surface area contributed by atoms with Gasteiger partial charge in [-0.25, -0.2) is 0 Å². The van der Waals surface area contributed by atoms with Gasteiger partial charge in [0.15, 0.2) is 0 Å². The molecule has 0 spiro atoms. The maximum absolute atomic E-state index is 10.9. The first-order chi connectivity index (χ1) is 8.59. The first-order valence-corrected chi connectivity index (χ1v) is 5.85. The van der Waals surface area contributed by atoms with E-state index in [0.717, 1.165) is 12.2 Å². The summed E-state index contributed by atoms with van der Waals surface area (Å²) < 4.78 is 0. The van der Waals surface area contributed by atoms with Crippen LogP contribution in [0.25, 0.3) is 10.9 Å². The molecular weight excluding hydrogens is 230 g/mol. The molecule has 1 N–H and O–H groups in total. The van der Waals surface area contributed by atoms with Gasteiger partial charge in [0, 0.05) is 18.8 Å². The van der Waals surface area contributed by atoms with Crippen LogP contribution in [0.3, 0.4) is 0 Å². The van der Waals surface area contributed by atoms with E-state index in [1.165, 1.54) is 6.07 Å². The Morgan fingerprint density at radius 1 is 1.39 bits per heavy atom. The second-order valence-corrected chi connectivity index (χ2v) is 4.56. The molecule has 1 aromatic carbocycles. The fraction of sp³-hybridized carbons (Fsp3) is 0.308. The normalized spacial score (nSPS) is 10.8. The number of rotatable bonds is 4. The van der Waals surface area contributed by atoms with Crippen molar-refractivity contribution in [3.8, 4) is 0 Å². The summed E-state index contributed by atoms with van der Waals surface area (Å²) in [5, 5.41) is 14.8. The quantitative estimate of drug-likeness (QED) is 0.663. The summed E-state index contributed by atoms with van der Waals surface area (Å²) in [5.74, 6) is 0.499. The highest BCUT2D eigenvalue weighted by atomic mass is 16.6. The van der Waals surface area contributed by atoms with Crippen molar-refractivity contribution in [3.63, 3.8) is 0 Å². The minimum absolute atomic E-state index is 0.0909. The van der Waals surface area contributed by atoms with Crippen LogP contribution in [0.4, 0.5) is 11.4 Å². The van der Waals surface area contributed by atoms with Crippen LogP contribution in [0.2, 0.25) is 0 Å². The van der Waals surface area contributed by atoms with E-state index in [1.807, 2.05) is 0 Å². The third-order valence-corrected chi connectivity index (χ3v) is 2.64. The van der Waals surface area contributed by atoms with Crippen molar-refractivity contribution < 1.29 is 4.92 Å². The Morgan fingerprint density at radius 3 is 2.83 bits per heavy atom. The number of pyridine rings is 1. The average molecular weight is 245 g/mol. The number of aromatic nitrogens is 1. The van der Waals surface area contributed by atoms with Gasteiger partial charge in [-0.15, -0.1) is 0 Å². The van der Waals surface area contributed by atoms with E-state index in [9.17, 15) is 10.1 Å². The van der Waals surface area contributed by atoms with Gasteiger partial charge in [-0.3, -0.25) is 15.1 Å². The molecule has 0 atom stereocenters. The molecule has 5 nitrogen and oxygen atoms in total. The molecule has 0 unspecified atom stereocenters. The van der Waals surface area contributed by atoms with Gasteiger partial charge >= 0.3 is 0 Å². The van der Waals surface area contributed by atoms with E-state index in [1.54, 1.807) is 24.4 Å². The molecule has 0 aliphatic heterocycles. The van der Waals surface area contributed by atoms with Crippen molar-refractivity contribution >= 4 is 22.3 Å². The molecule has 1 aromatic heterocycles. The molecule has 18 heavy (non-hydrogen) atoms. The van der Waals surface area contributed by atoms with Gasteiger partial charge in [0.05, 0.1) is 16.0 Å². The highest BCUT2D eigenvalue weighted by molar-refractivity contribution is 5.96. The van der Waals surface area contributed by atoms with Crippen LogP contribution >= 0.6 is 0 Å². The molecular formula is C13H15N3O2.